The summed E-state index contributed by atoms with van der Waals surface area (Å²) in [5, 5.41) is 7.27. The third kappa shape index (κ3) is 4.11. The van der Waals surface area contributed by atoms with Crippen LogP contribution in [0.5, 0.6) is 0 Å². The van der Waals surface area contributed by atoms with Gasteiger partial charge in [-0.2, -0.15) is 24.7 Å². The molecule has 0 aliphatic carbocycles. The Hall–Kier alpha value is -2.25. The molecule has 1 N–H and O–H groups in total. The van der Waals surface area contributed by atoms with Gasteiger partial charge in [0.2, 0.25) is 11.9 Å². The molecule has 2 aromatic heterocycles. The Kier molecular flexibility index (Phi) is 5.02. The summed E-state index contributed by atoms with van der Waals surface area (Å²) in [5.41, 5.74) is 0. The molecule has 0 radical (unpaired) electrons. The largest absolute Gasteiger partial charge is 0.354 e. The van der Waals surface area contributed by atoms with Gasteiger partial charge in [-0.25, -0.2) is 4.98 Å². The van der Waals surface area contributed by atoms with Crippen LogP contribution in [-0.4, -0.2) is 49.9 Å². The van der Waals surface area contributed by atoms with Crippen LogP contribution in [0, 0.1) is 5.92 Å². The Bertz CT molecular complexity index is 551. The van der Waals surface area contributed by atoms with Crippen LogP contribution in [-0.2, 0) is 0 Å². The summed E-state index contributed by atoms with van der Waals surface area (Å²) < 4.78 is 1.53. The lowest BCUT2D eigenvalue weighted by Gasteiger charge is -2.20. The van der Waals surface area contributed by atoms with Crippen molar-refractivity contribution in [2.24, 2.45) is 5.92 Å². The second kappa shape index (κ2) is 6.96. The average molecular weight is 290 g/mol. The van der Waals surface area contributed by atoms with E-state index in [0.29, 0.717) is 23.8 Å². The van der Waals surface area contributed by atoms with Gasteiger partial charge in [0, 0.05) is 20.1 Å². The maximum absolute atomic E-state index is 4.46. The lowest BCUT2D eigenvalue weighted by Crippen LogP contribution is -2.26. The second-order valence-corrected chi connectivity index (χ2v) is 5.30. The van der Waals surface area contributed by atoms with E-state index in [1.807, 2.05) is 11.9 Å². The molecule has 0 saturated carbocycles. The molecule has 2 aromatic rings. The van der Waals surface area contributed by atoms with Crippen LogP contribution in [0.4, 0.5) is 11.9 Å². The van der Waals surface area contributed by atoms with E-state index in [4.69, 9.17) is 0 Å². The highest BCUT2D eigenvalue weighted by Crippen LogP contribution is 2.13. The van der Waals surface area contributed by atoms with Crippen LogP contribution in [0.15, 0.2) is 12.7 Å². The summed E-state index contributed by atoms with van der Waals surface area (Å²) in [6.45, 7) is 8.10. The fourth-order valence-electron chi connectivity index (χ4n) is 1.88. The molecular formula is C13H22N8. The summed E-state index contributed by atoms with van der Waals surface area (Å²) in [7, 11) is 1.98. The van der Waals surface area contributed by atoms with Gasteiger partial charge in [-0.1, -0.05) is 20.8 Å². The summed E-state index contributed by atoms with van der Waals surface area (Å²) in [6.07, 6.45) is 4.03. The van der Waals surface area contributed by atoms with E-state index in [1.165, 1.54) is 11.0 Å². The van der Waals surface area contributed by atoms with E-state index >= 15 is 0 Å². The smallest absolute Gasteiger partial charge is 0.258 e. The topological polar surface area (TPSA) is 84.7 Å². The van der Waals surface area contributed by atoms with Gasteiger partial charge in [-0.05, 0) is 12.3 Å². The zero-order valence-electron chi connectivity index (χ0n) is 13.0. The highest BCUT2D eigenvalue weighted by Gasteiger charge is 2.12. The minimum Gasteiger partial charge on any atom is -0.354 e. The first-order chi connectivity index (χ1) is 10.1. The predicted octanol–water partition coefficient (Wildman–Crippen LogP) is 1.37. The van der Waals surface area contributed by atoms with Crippen LogP contribution < -0.4 is 10.2 Å². The van der Waals surface area contributed by atoms with Crippen molar-refractivity contribution >= 4 is 11.9 Å². The molecular weight excluding hydrogens is 268 g/mol. The van der Waals surface area contributed by atoms with Gasteiger partial charge in [0.05, 0.1) is 0 Å². The zero-order valence-corrected chi connectivity index (χ0v) is 13.0. The highest BCUT2D eigenvalue weighted by molar-refractivity contribution is 5.39. The minimum atomic E-state index is 0.465. The number of nitrogens with zero attached hydrogens (tertiary/aromatic N) is 7. The Morgan fingerprint density at radius 1 is 1.29 bits per heavy atom. The fraction of sp³-hybridized carbons (Fsp3) is 0.615. The normalized spacial score (nSPS) is 10.9. The molecule has 8 nitrogen and oxygen atoms in total. The van der Waals surface area contributed by atoms with Gasteiger partial charge in [-0.3, -0.25) is 0 Å². The number of nitrogens with one attached hydrogen (secondary N) is 1. The van der Waals surface area contributed by atoms with Gasteiger partial charge in [0.25, 0.3) is 5.95 Å². The summed E-state index contributed by atoms with van der Waals surface area (Å²) in [4.78, 5) is 19.2. The maximum atomic E-state index is 4.46. The molecule has 21 heavy (non-hydrogen) atoms. The zero-order chi connectivity index (χ0) is 15.2. The van der Waals surface area contributed by atoms with E-state index in [9.17, 15) is 0 Å². The van der Waals surface area contributed by atoms with Gasteiger partial charge in [0.15, 0.2) is 0 Å². The molecule has 0 unspecified atom stereocenters. The summed E-state index contributed by atoms with van der Waals surface area (Å²) in [6, 6.07) is 0. The molecule has 0 aliphatic rings. The van der Waals surface area contributed by atoms with E-state index in [1.54, 1.807) is 6.33 Å². The Balaban J connectivity index is 2.32. The Morgan fingerprint density at radius 3 is 2.71 bits per heavy atom. The molecule has 0 saturated heterocycles. The van der Waals surface area contributed by atoms with Crippen molar-refractivity contribution in [2.75, 3.05) is 30.4 Å². The molecule has 2 rings (SSSR count). The highest BCUT2D eigenvalue weighted by atomic mass is 15.4. The monoisotopic (exact) mass is 290 g/mol. The molecule has 0 spiro atoms. The van der Waals surface area contributed by atoms with Crippen LogP contribution in [0.3, 0.4) is 0 Å². The molecule has 0 amide bonds. The number of aromatic nitrogens is 6. The van der Waals surface area contributed by atoms with Crippen molar-refractivity contribution < 1.29 is 0 Å². The van der Waals surface area contributed by atoms with Crippen LogP contribution in [0.25, 0.3) is 5.95 Å². The molecule has 0 aliphatic heterocycles. The third-order valence-electron chi connectivity index (χ3n) is 2.75. The molecule has 0 bridgehead atoms. The van der Waals surface area contributed by atoms with E-state index in [2.05, 4.69) is 51.1 Å². The van der Waals surface area contributed by atoms with Crippen molar-refractivity contribution in [2.45, 2.75) is 27.2 Å². The Labute approximate surface area is 124 Å². The minimum absolute atomic E-state index is 0.465. The quantitative estimate of drug-likeness (QED) is 0.824. The van der Waals surface area contributed by atoms with Crippen molar-refractivity contribution in [1.29, 1.82) is 0 Å². The number of hydrogen-bond acceptors (Lipinski definition) is 7. The van der Waals surface area contributed by atoms with E-state index < -0.39 is 0 Å². The SMILES string of the molecule is CCCNc1nc(N(C)CC(C)C)nc(-n2cncn2)n1. The predicted molar refractivity (Wildman–Crippen MR) is 81.6 cm³/mol. The third-order valence-corrected chi connectivity index (χ3v) is 2.75. The van der Waals surface area contributed by atoms with Crippen LogP contribution in [0.1, 0.15) is 27.2 Å². The van der Waals surface area contributed by atoms with E-state index in [0.717, 1.165) is 19.5 Å². The fourth-order valence-corrected chi connectivity index (χ4v) is 1.88. The molecule has 0 aromatic carbocycles. The number of hydrogen-bond donors (Lipinski definition) is 1. The van der Waals surface area contributed by atoms with Crippen LogP contribution in [0.2, 0.25) is 0 Å². The molecule has 2 heterocycles. The average Bonchev–Trinajstić information content (AvgIpc) is 2.98. The maximum Gasteiger partial charge on any atom is 0.258 e. The number of rotatable bonds is 7. The van der Waals surface area contributed by atoms with Crippen molar-refractivity contribution in [3.8, 4) is 5.95 Å². The van der Waals surface area contributed by atoms with Gasteiger partial charge < -0.3 is 10.2 Å². The molecule has 0 atom stereocenters. The van der Waals surface area contributed by atoms with Crippen LogP contribution >= 0.6 is 0 Å². The van der Waals surface area contributed by atoms with Crippen molar-refractivity contribution in [1.82, 2.24) is 29.7 Å². The molecule has 8 heteroatoms. The molecule has 114 valence electrons. The summed E-state index contributed by atoms with van der Waals surface area (Å²) in [5.74, 6) is 2.17. The Morgan fingerprint density at radius 2 is 2.10 bits per heavy atom. The lowest BCUT2D eigenvalue weighted by molar-refractivity contribution is 0.627. The van der Waals surface area contributed by atoms with E-state index in [-0.39, 0.29) is 0 Å². The van der Waals surface area contributed by atoms with Crippen molar-refractivity contribution in [3.63, 3.8) is 0 Å². The number of anilines is 2. The molecule has 0 fully saturated rings. The first kappa shape index (κ1) is 15.1. The lowest BCUT2D eigenvalue weighted by atomic mass is 10.2. The van der Waals surface area contributed by atoms with Gasteiger partial charge in [0.1, 0.15) is 12.7 Å². The van der Waals surface area contributed by atoms with Gasteiger partial charge in [-0.15, -0.1) is 0 Å². The first-order valence-corrected chi connectivity index (χ1v) is 7.16. The van der Waals surface area contributed by atoms with Gasteiger partial charge >= 0.3 is 0 Å². The first-order valence-electron chi connectivity index (χ1n) is 7.16. The van der Waals surface area contributed by atoms with Crippen molar-refractivity contribution in [3.05, 3.63) is 12.7 Å². The summed E-state index contributed by atoms with van der Waals surface area (Å²) >= 11 is 0. The second-order valence-electron chi connectivity index (χ2n) is 5.30. The standard InChI is InChI=1S/C13H22N8/c1-5-6-15-11-17-12(20(4)7-10(2)3)19-13(18-11)21-9-14-8-16-21/h8-10H,5-7H2,1-4H3,(H,15,17,18,19).